The fourth-order valence-corrected chi connectivity index (χ4v) is 4.35. The van der Waals surface area contributed by atoms with Crippen LogP contribution in [-0.2, 0) is 26.1 Å². The molecule has 10 nitrogen and oxygen atoms in total. The molecule has 2 aromatic rings. The fraction of sp³-hybridized carbons (Fsp3) is 0.353. The van der Waals surface area contributed by atoms with Crippen molar-refractivity contribution >= 4 is 33.2 Å². The van der Waals surface area contributed by atoms with Gasteiger partial charge in [-0.2, -0.15) is 4.31 Å². The Hall–Kier alpha value is -2.47. The molecule has 1 aromatic carbocycles. The maximum absolute atomic E-state index is 12.8. The number of nitrogens with one attached hydrogen (secondary N) is 2. The van der Waals surface area contributed by atoms with Crippen molar-refractivity contribution in [2.24, 2.45) is 0 Å². The second kappa shape index (κ2) is 8.91. The van der Waals surface area contributed by atoms with E-state index in [9.17, 15) is 22.8 Å². The number of aryl methyl sites for hydroxylation is 1. The molecular weight excluding hydrogens is 424 g/mol. The minimum Gasteiger partial charge on any atom is -0.379 e. The van der Waals surface area contributed by atoms with Gasteiger partial charge in [0, 0.05) is 38.3 Å². The highest BCUT2D eigenvalue weighted by Gasteiger charge is 2.27. The summed E-state index contributed by atoms with van der Waals surface area (Å²) < 4.78 is 33.2. The van der Waals surface area contributed by atoms with E-state index in [0.717, 1.165) is 0 Å². The maximum Gasteiger partial charge on any atom is 0.328 e. The number of aromatic amines is 1. The highest BCUT2D eigenvalue weighted by Crippen LogP contribution is 2.27. The Morgan fingerprint density at radius 2 is 1.93 bits per heavy atom. The molecule has 29 heavy (non-hydrogen) atoms. The number of hydrogen-bond acceptors (Lipinski definition) is 6. The number of anilines is 1. The number of carbonyl (C=O) groups excluding carboxylic acids is 1. The van der Waals surface area contributed by atoms with Crippen LogP contribution < -0.4 is 16.6 Å². The standard InChI is InChI=1S/C17H19ClN4O6S/c18-13-2-1-12(29(26,27)22-7-9-28-10-8-22)11-14(13)19-15(23)3-5-21-6-4-16(24)20-17(21)25/h1-2,4,6,11H,3,5,7-10H2,(H,19,23)(H,20,24,25). The largest absolute Gasteiger partial charge is 0.379 e. The van der Waals surface area contributed by atoms with Crippen LogP contribution in [0.1, 0.15) is 6.42 Å². The van der Waals surface area contributed by atoms with Gasteiger partial charge in [-0.15, -0.1) is 0 Å². The molecule has 0 unspecified atom stereocenters. The quantitative estimate of drug-likeness (QED) is 0.659. The van der Waals surface area contributed by atoms with Crippen molar-refractivity contribution in [1.82, 2.24) is 13.9 Å². The third kappa shape index (κ3) is 5.12. The number of aromatic nitrogens is 2. The predicted molar refractivity (Wildman–Crippen MR) is 106 cm³/mol. The lowest BCUT2D eigenvalue weighted by atomic mass is 10.3. The first-order chi connectivity index (χ1) is 13.8. The summed E-state index contributed by atoms with van der Waals surface area (Å²) in [6.45, 7) is 1.17. The minimum atomic E-state index is -3.74. The van der Waals surface area contributed by atoms with Gasteiger partial charge >= 0.3 is 5.69 Å². The summed E-state index contributed by atoms with van der Waals surface area (Å²) in [5.41, 5.74) is -0.998. The summed E-state index contributed by atoms with van der Waals surface area (Å²) in [4.78, 5) is 37.1. The predicted octanol–water partition coefficient (Wildman–Crippen LogP) is 0.240. The van der Waals surface area contributed by atoms with Crippen LogP contribution in [0.25, 0.3) is 0 Å². The van der Waals surface area contributed by atoms with E-state index in [1.807, 2.05) is 0 Å². The Kier molecular flexibility index (Phi) is 6.52. The Morgan fingerprint density at radius 3 is 2.62 bits per heavy atom. The molecule has 12 heteroatoms. The second-order valence-electron chi connectivity index (χ2n) is 6.26. The smallest absolute Gasteiger partial charge is 0.328 e. The van der Waals surface area contributed by atoms with Gasteiger partial charge in [0.15, 0.2) is 0 Å². The van der Waals surface area contributed by atoms with Gasteiger partial charge in [0.25, 0.3) is 5.56 Å². The number of hydrogen-bond donors (Lipinski definition) is 2. The molecule has 0 radical (unpaired) electrons. The minimum absolute atomic E-state index is 0.0101. The number of rotatable bonds is 6. The first kappa shape index (κ1) is 21.2. The van der Waals surface area contributed by atoms with Crippen molar-refractivity contribution in [2.75, 3.05) is 31.6 Å². The zero-order valence-corrected chi connectivity index (χ0v) is 16.8. The Labute approximate surface area is 171 Å². The summed E-state index contributed by atoms with van der Waals surface area (Å²) in [7, 11) is -3.74. The highest BCUT2D eigenvalue weighted by molar-refractivity contribution is 7.89. The van der Waals surface area contributed by atoms with E-state index in [1.54, 1.807) is 0 Å². The van der Waals surface area contributed by atoms with E-state index in [-0.39, 0.29) is 41.7 Å². The zero-order valence-electron chi connectivity index (χ0n) is 15.3. The number of amides is 1. The van der Waals surface area contributed by atoms with Crippen molar-refractivity contribution in [1.29, 1.82) is 0 Å². The topological polar surface area (TPSA) is 131 Å². The van der Waals surface area contributed by atoms with E-state index in [1.165, 1.54) is 39.3 Å². The normalized spacial score (nSPS) is 15.2. The fourth-order valence-electron chi connectivity index (χ4n) is 2.75. The van der Waals surface area contributed by atoms with Gasteiger partial charge in [0.1, 0.15) is 0 Å². The SMILES string of the molecule is O=C(CCn1ccc(=O)[nH]c1=O)Nc1cc(S(=O)(=O)N2CCOCC2)ccc1Cl. The third-order valence-corrected chi connectivity index (χ3v) is 6.52. The van der Waals surface area contributed by atoms with Crippen molar-refractivity contribution in [3.8, 4) is 0 Å². The molecule has 0 saturated carbocycles. The molecule has 0 spiro atoms. The zero-order chi connectivity index (χ0) is 21.0. The molecule has 0 aliphatic carbocycles. The lowest BCUT2D eigenvalue weighted by molar-refractivity contribution is -0.116. The van der Waals surface area contributed by atoms with Crippen molar-refractivity contribution < 1.29 is 17.9 Å². The van der Waals surface area contributed by atoms with Crippen LogP contribution in [0.15, 0.2) is 44.9 Å². The van der Waals surface area contributed by atoms with Crippen LogP contribution in [0.3, 0.4) is 0 Å². The van der Waals surface area contributed by atoms with Crippen LogP contribution in [-0.4, -0.2) is 54.5 Å². The molecule has 2 heterocycles. The maximum atomic E-state index is 12.8. The molecule has 1 aliphatic rings. The van der Waals surface area contributed by atoms with Crippen molar-refractivity contribution in [3.63, 3.8) is 0 Å². The number of carbonyl (C=O) groups is 1. The van der Waals surface area contributed by atoms with E-state index >= 15 is 0 Å². The lowest BCUT2D eigenvalue weighted by Gasteiger charge is -2.26. The van der Waals surface area contributed by atoms with Crippen LogP contribution in [0.2, 0.25) is 5.02 Å². The Balaban J connectivity index is 1.71. The highest BCUT2D eigenvalue weighted by atomic mass is 35.5. The average Bonchev–Trinajstić information content (AvgIpc) is 2.69. The molecule has 0 bridgehead atoms. The molecule has 3 rings (SSSR count). The Bertz CT molecular complexity index is 1120. The van der Waals surface area contributed by atoms with E-state index in [2.05, 4.69) is 10.3 Å². The molecule has 2 N–H and O–H groups in total. The lowest BCUT2D eigenvalue weighted by Crippen LogP contribution is -2.40. The van der Waals surface area contributed by atoms with Crippen molar-refractivity contribution in [3.05, 3.63) is 56.3 Å². The monoisotopic (exact) mass is 442 g/mol. The van der Waals surface area contributed by atoms with Crippen molar-refractivity contribution in [2.45, 2.75) is 17.9 Å². The van der Waals surface area contributed by atoms with Crippen LogP contribution in [0.4, 0.5) is 5.69 Å². The number of H-pyrrole nitrogens is 1. The summed E-state index contributed by atoms with van der Waals surface area (Å²) in [5.74, 6) is -0.467. The van der Waals surface area contributed by atoms with Gasteiger partial charge in [0.05, 0.1) is 28.8 Å². The van der Waals surface area contributed by atoms with E-state index in [4.69, 9.17) is 16.3 Å². The van der Waals surface area contributed by atoms with E-state index in [0.29, 0.717) is 13.2 Å². The van der Waals surface area contributed by atoms with Crippen LogP contribution >= 0.6 is 11.6 Å². The molecule has 1 fully saturated rings. The Morgan fingerprint density at radius 1 is 1.21 bits per heavy atom. The molecule has 156 valence electrons. The average molecular weight is 443 g/mol. The number of morpholine rings is 1. The molecule has 1 aromatic heterocycles. The van der Waals surface area contributed by atoms with Gasteiger partial charge < -0.3 is 14.6 Å². The van der Waals surface area contributed by atoms with Gasteiger partial charge in [-0.3, -0.25) is 14.6 Å². The number of sulfonamides is 1. The van der Waals surface area contributed by atoms with Gasteiger partial charge in [-0.05, 0) is 18.2 Å². The van der Waals surface area contributed by atoms with Crippen LogP contribution in [0.5, 0.6) is 0 Å². The van der Waals surface area contributed by atoms with E-state index < -0.39 is 27.2 Å². The summed E-state index contributed by atoms with van der Waals surface area (Å²) in [6, 6.07) is 5.26. The second-order valence-corrected chi connectivity index (χ2v) is 8.60. The summed E-state index contributed by atoms with van der Waals surface area (Å²) >= 11 is 6.10. The summed E-state index contributed by atoms with van der Waals surface area (Å²) in [5, 5.41) is 2.74. The van der Waals surface area contributed by atoms with Gasteiger partial charge in [-0.25, -0.2) is 13.2 Å². The number of nitrogens with zero attached hydrogens (tertiary/aromatic N) is 2. The van der Waals surface area contributed by atoms with Gasteiger partial charge in [-0.1, -0.05) is 11.6 Å². The first-order valence-corrected chi connectivity index (χ1v) is 10.6. The molecule has 1 saturated heterocycles. The number of benzene rings is 1. The third-order valence-electron chi connectivity index (χ3n) is 4.30. The van der Waals surface area contributed by atoms with Crippen LogP contribution in [0, 0.1) is 0 Å². The summed E-state index contributed by atoms with van der Waals surface area (Å²) in [6.07, 6.45) is 1.21. The molecular formula is C17H19ClN4O6S. The molecule has 1 aliphatic heterocycles. The first-order valence-electron chi connectivity index (χ1n) is 8.74. The number of ether oxygens (including phenoxy) is 1. The molecule has 0 atom stereocenters. The molecule has 1 amide bonds. The van der Waals surface area contributed by atoms with Gasteiger partial charge in [0.2, 0.25) is 15.9 Å². The number of halogens is 1.